The van der Waals surface area contributed by atoms with Gasteiger partial charge < -0.3 is 25.7 Å². The molecule has 0 bridgehead atoms. The highest BCUT2D eigenvalue weighted by Crippen LogP contribution is 2.36. The van der Waals surface area contributed by atoms with Gasteiger partial charge in [0.15, 0.2) is 11.5 Å². The number of ether oxygens (including phenoxy) is 3. The van der Waals surface area contributed by atoms with Gasteiger partial charge in [-0.15, -0.1) is 0 Å². The average molecular weight is 226 g/mol. The third-order valence-electron chi connectivity index (χ3n) is 2.39. The lowest BCUT2D eigenvalue weighted by molar-refractivity contribution is 0.346. The lowest BCUT2D eigenvalue weighted by Crippen LogP contribution is -2.21. The Labute approximate surface area is 95.3 Å². The summed E-state index contributed by atoms with van der Waals surface area (Å²) < 4.78 is 15.6. The van der Waals surface area contributed by atoms with Gasteiger partial charge in [-0.05, 0) is 6.07 Å². The van der Waals surface area contributed by atoms with E-state index in [-0.39, 0.29) is 6.04 Å². The number of hydrogen-bond donors (Lipinski definition) is 2. The zero-order valence-corrected chi connectivity index (χ0v) is 9.82. The van der Waals surface area contributed by atoms with Crippen LogP contribution in [0.25, 0.3) is 0 Å². The Morgan fingerprint density at radius 1 is 1.00 bits per heavy atom. The van der Waals surface area contributed by atoms with Crippen molar-refractivity contribution in [2.24, 2.45) is 11.5 Å². The van der Waals surface area contributed by atoms with Crippen molar-refractivity contribution in [2.45, 2.75) is 6.04 Å². The third-order valence-corrected chi connectivity index (χ3v) is 2.39. The summed E-state index contributed by atoms with van der Waals surface area (Å²) in [6.45, 7) is 0.339. The predicted molar refractivity (Wildman–Crippen MR) is 62.1 cm³/mol. The molecule has 1 atom stereocenters. The van der Waals surface area contributed by atoms with E-state index in [1.807, 2.05) is 0 Å². The van der Waals surface area contributed by atoms with E-state index >= 15 is 0 Å². The second-order valence-electron chi connectivity index (χ2n) is 3.29. The first kappa shape index (κ1) is 12.6. The van der Waals surface area contributed by atoms with Crippen LogP contribution in [-0.2, 0) is 0 Å². The zero-order chi connectivity index (χ0) is 12.1. The van der Waals surface area contributed by atoms with Gasteiger partial charge in [-0.3, -0.25) is 0 Å². The van der Waals surface area contributed by atoms with Gasteiger partial charge in [0.05, 0.1) is 21.3 Å². The highest BCUT2D eigenvalue weighted by atomic mass is 16.5. The second-order valence-corrected chi connectivity index (χ2v) is 3.29. The molecule has 0 unspecified atom stereocenters. The van der Waals surface area contributed by atoms with Crippen LogP contribution in [0.4, 0.5) is 0 Å². The van der Waals surface area contributed by atoms with Crippen LogP contribution in [0, 0.1) is 0 Å². The van der Waals surface area contributed by atoms with E-state index in [9.17, 15) is 0 Å². The van der Waals surface area contributed by atoms with Gasteiger partial charge in [0, 0.05) is 24.2 Å². The Morgan fingerprint density at radius 2 is 1.50 bits per heavy atom. The van der Waals surface area contributed by atoms with E-state index in [2.05, 4.69) is 0 Å². The molecule has 5 nitrogen and oxygen atoms in total. The van der Waals surface area contributed by atoms with Crippen LogP contribution in [0.1, 0.15) is 11.6 Å². The molecule has 5 heteroatoms. The standard InChI is InChI=1S/C11H18N2O3/c1-14-9-5-11(16-3)10(15-2)4-7(9)8(13)6-12/h4-5,8H,6,12-13H2,1-3H3/t8-/m0/s1. The van der Waals surface area contributed by atoms with Crippen molar-refractivity contribution >= 4 is 0 Å². The molecule has 0 aromatic heterocycles. The molecule has 0 fully saturated rings. The number of benzene rings is 1. The van der Waals surface area contributed by atoms with Crippen molar-refractivity contribution in [2.75, 3.05) is 27.9 Å². The van der Waals surface area contributed by atoms with Crippen LogP contribution >= 0.6 is 0 Å². The first-order valence-electron chi connectivity index (χ1n) is 4.93. The van der Waals surface area contributed by atoms with E-state index < -0.39 is 0 Å². The lowest BCUT2D eigenvalue weighted by atomic mass is 10.1. The summed E-state index contributed by atoms with van der Waals surface area (Å²) in [5.41, 5.74) is 12.2. The van der Waals surface area contributed by atoms with Gasteiger partial charge in [-0.25, -0.2) is 0 Å². The van der Waals surface area contributed by atoms with Gasteiger partial charge in [0.25, 0.3) is 0 Å². The normalized spacial score (nSPS) is 12.1. The monoisotopic (exact) mass is 226 g/mol. The fourth-order valence-corrected chi connectivity index (χ4v) is 1.47. The number of methoxy groups -OCH3 is 3. The zero-order valence-electron chi connectivity index (χ0n) is 9.82. The minimum atomic E-state index is -0.283. The van der Waals surface area contributed by atoms with E-state index in [4.69, 9.17) is 25.7 Å². The lowest BCUT2D eigenvalue weighted by Gasteiger charge is -2.17. The molecule has 0 saturated carbocycles. The van der Waals surface area contributed by atoms with Crippen molar-refractivity contribution in [1.29, 1.82) is 0 Å². The maximum Gasteiger partial charge on any atom is 0.164 e. The maximum atomic E-state index is 5.88. The molecule has 1 aromatic carbocycles. The van der Waals surface area contributed by atoms with Crippen molar-refractivity contribution in [3.63, 3.8) is 0 Å². The van der Waals surface area contributed by atoms with Crippen LogP contribution in [-0.4, -0.2) is 27.9 Å². The molecule has 16 heavy (non-hydrogen) atoms. The third kappa shape index (κ3) is 2.37. The summed E-state index contributed by atoms with van der Waals surface area (Å²) in [5, 5.41) is 0. The van der Waals surface area contributed by atoms with Gasteiger partial charge >= 0.3 is 0 Å². The minimum absolute atomic E-state index is 0.283. The molecule has 0 saturated heterocycles. The average Bonchev–Trinajstić information content (AvgIpc) is 2.35. The molecule has 90 valence electrons. The van der Waals surface area contributed by atoms with E-state index in [1.54, 1.807) is 33.5 Å². The van der Waals surface area contributed by atoms with Crippen molar-refractivity contribution in [3.8, 4) is 17.2 Å². The summed E-state index contributed by atoms with van der Waals surface area (Å²) in [6, 6.07) is 3.24. The van der Waals surface area contributed by atoms with Crippen LogP contribution < -0.4 is 25.7 Å². The fourth-order valence-electron chi connectivity index (χ4n) is 1.47. The molecule has 1 aromatic rings. The SMILES string of the molecule is COc1cc(OC)c([C@@H](N)CN)cc1OC. The Hall–Kier alpha value is -1.46. The van der Waals surface area contributed by atoms with Crippen LogP contribution in [0.5, 0.6) is 17.2 Å². The van der Waals surface area contributed by atoms with Crippen molar-refractivity contribution < 1.29 is 14.2 Å². The molecule has 0 aliphatic heterocycles. The first-order chi connectivity index (χ1) is 7.67. The number of rotatable bonds is 5. The largest absolute Gasteiger partial charge is 0.496 e. The minimum Gasteiger partial charge on any atom is -0.496 e. The summed E-state index contributed by atoms with van der Waals surface area (Å²) in [7, 11) is 4.72. The van der Waals surface area contributed by atoms with Gasteiger partial charge in [-0.1, -0.05) is 0 Å². The molecule has 0 heterocycles. The summed E-state index contributed by atoms with van der Waals surface area (Å²) >= 11 is 0. The Kier molecular flexibility index (Phi) is 4.39. The summed E-state index contributed by atoms with van der Waals surface area (Å²) in [4.78, 5) is 0. The molecule has 0 radical (unpaired) electrons. The molecule has 1 rings (SSSR count). The highest BCUT2D eigenvalue weighted by Gasteiger charge is 2.15. The molecule has 0 spiro atoms. The highest BCUT2D eigenvalue weighted by molar-refractivity contribution is 5.51. The molecule has 0 aliphatic rings. The number of nitrogens with two attached hydrogens (primary N) is 2. The number of hydrogen-bond acceptors (Lipinski definition) is 5. The first-order valence-corrected chi connectivity index (χ1v) is 4.93. The Bertz CT molecular complexity index is 355. The van der Waals surface area contributed by atoms with Crippen molar-refractivity contribution in [1.82, 2.24) is 0 Å². The smallest absolute Gasteiger partial charge is 0.164 e. The Morgan fingerprint density at radius 3 is 1.94 bits per heavy atom. The van der Waals surface area contributed by atoms with Crippen LogP contribution in [0.2, 0.25) is 0 Å². The van der Waals surface area contributed by atoms with Gasteiger partial charge in [-0.2, -0.15) is 0 Å². The van der Waals surface area contributed by atoms with E-state index in [1.165, 1.54) is 0 Å². The molecule has 0 amide bonds. The van der Waals surface area contributed by atoms with Crippen molar-refractivity contribution in [3.05, 3.63) is 17.7 Å². The predicted octanol–water partition coefficient (Wildman–Crippen LogP) is 0.671. The molecule has 0 aliphatic carbocycles. The quantitative estimate of drug-likeness (QED) is 0.771. The maximum absolute atomic E-state index is 5.88. The summed E-state index contributed by atoms with van der Waals surface area (Å²) in [5.74, 6) is 1.87. The molecule has 4 N–H and O–H groups in total. The summed E-state index contributed by atoms with van der Waals surface area (Å²) in [6.07, 6.45) is 0. The molecular formula is C11H18N2O3. The Balaban J connectivity index is 3.25. The van der Waals surface area contributed by atoms with Gasteiger partial charge in [0.2, 0.25) is 0 Å². The van der Waals surface area contributed by atoms with Crippen LogP contribution in [0.15, 0.2) is 12.1 Å². The topological polar surface area (TPSA) is 79.7 Å². The molecular weight excluding hydrogens is 208 g/mol. The second kappa shape index (κ2) is 5.58. The van der Waals surface area contributed by atoms with E-state index in [0.29, 0.717) is 23.8 Å². The van der Waals surface area contributed by atoms with E-state index in [0.717, 1.165) is 5.56 Å². The van der Waals surface area contributed by atoms with Crippen LogP contribution in [0.3, 0.4) is 0 Å². The fraction of sp³-hybridized carbons (Fsp3) is 0.455. The van der Waals surface area contributed by atoms with Gasteiger partial charge in [0.1, 0.15) is 5.75 Å².